The zero-order valence-corrected chi connectivity index (χ0v) is 13.0. The van der Waals surface area contributed by atoms with E-state index in [1.807, 2.05) is 6.07 Å². The van der Waals surface area contributed by atoms with Crippen molar-refractivity contribution in [1.29, 1.82) is 5.41 Å². The first-order valence-electron chi connectivity index (χ1n) is 7.38. The van der Waals surface area contributed by atoms with E-state index in [9.17, 15) is 9.59 Å². The van der Waals surface area contributed by atoms with Crippen molar-refractivity contribution in [2.24, 2.45) is 0 Å². The molecule has 0 aliphatic carbocycles. The molecule has 2 aromatic rings. The molecule has 1 N–H and O–H groups in total. The predicted molar refractivity (Wildman–Crippen MR) is 85.6 cm³/mol. The number of aryl methyl sites for hydroxylation is 1. The molecule has 2 atom stereocenters. The van der Waals surface area contributed by atoms with E-state index in [0.717, 1.165) is 11.5 Å². The van der Waals surface area contributed by atoms with Crippen LogP contribution in [0.25, 0.3) is 11.1 Å². The van der Waals surface area contributed by atoms with Crippen molar-refractivity contribution in [3.8, 4) is 0 Å². The Morgan fingerprint density at radius 1 is 1.35 bits per heavy atom. The Morgan fingerprint density at radius 2 is 2.17 bits per heavy atom. The zero-order valence-electron chi connectivity index (χ0n) is 12.2. The highest BCUT2D eigenvalue weighted by Crippen LogP contribution is 2.31. The summed E-state index contributed by atoms with van der Waals surface area (Å²) in [4.78, 5) is 25.8. The minimum atomic E-state index is -0.471. The summed E-state index contributed by atoms with van der Waals surface area (Å²) in [5.41, 5.74) is 1.18. The summed E-state index contributed by atoms with van der Waals surface area (Å²) >= 11 is 1.72. The van der Waals surface area contributed by atoms with Crippen LogP contribution in [-0.4, -0.2) is 45.0 Å². The van der Waals surface area contributed by atoms with E-state index in [4.69, 9.17) is 14.6 Å². The Morgan fingerprint density at radius 3 is 3.04 bits per heavy atom. The number of ether oxygens (including phenoxy) is 1. The Balaban J connectivity index is 1.52. The molecule has 0 radical (unpaired) electrons. The monoisotopic (exact) mass is 333 g/mol. The average Bonchev–Trinajstić information content (AvgIpc) is 3.17. The molecular weight excluding hydrogens is 318 g/mol. The van der Waals surface area contributed by atoms with Crippen LogP contribution in [0.1, 0.15) is 6.42 Å². The van der Waals surface area contributed by atoms with Gasteiger partial charge in [0, 0.05) is 24.5 Å². The number of carbonyl (C=O) groups excluding carboxylic acids is 1. The average molecular weight is 333 g/mol. The zero-order chi connectivity index (χ0) is 16.0. The number of oxazole rings is 1. The van der Waals surface area contributed by atoms with Crippen LogP contribution in [-0.2, 0) is 16.1 Å². The van der Waals surface area contributed by atoms with Crippen molar-refractivity contribution in [3.05, 3.63) is 34.8 Å². The molecule has 7 nitrogen and oxygen atoms in total. The first kappa shape index (κ1) is 14.4. The summed E-state index contributed by atoms with van der Waals surface area (Å²) in [6, 6.07) is 6.99. The molecule has 2 saturated heterocycles. The summed E-state index contributed by atoms with van der Waals surface area (Å²) in [5.74, 6) is 0.930. The minimum Gasteiger partial charge on any atom is -0.459 e. The highest BCUT2D eigenvalue weighted by molar-refractivity contribution is 7.99. The second-order valence-electron chi connectivity index (χ2n) is 5.57. The number of amidine groups is 1. The van der Waals surface area contributed by atoms with Gasteiger partial charge in [-0.05, 0) is 12.1 Å². The van der Waals surface area contributed by atoms with Crippen LogP contribution < -0.4 is 5.76 Å². The molecular formula is C15H15N3O4S. The van der Waals surface area contributed by atoms with Gasteiger partial charge < -0.3 is 9.15 Å². The van der Waals surface area contributed by atoms with Gasteiger partial charge in [0.1, 0.15) is 6.10 Å². The van der Waals surface area contributed by atoms with Crippen molar-refractivity contribution in [3.63, 3.8) is 0 Å². The second kappa shape index (κ2) is 5.45. The lowest BCUT2D eigenvalue weighted by Gasteiger charge is -2.19. The van der Waals surface area contributed by atoms with Crippen molar-refractivity contribution in [2.75, 3.05) is 11.5 Å². The number of rotatable bonds is 3. The largest absolute Gasteiger partial charge is 0.459 e. The molecule has 3 heterocycles. The number of hydrogen-bond donors (Lipinski definition) is 1. The maximum absolute atomic E-state index is 12.5. The van der Waals surface area contributed by atoms with Gasteiger partial charge in [0.2, 0.25) is 5.91 Å². The lowest BCUT2D eigenvalue weighted by Crippen LogP contribution is -2.41. The van der Waals surface area contributed by atoms with Crippen LogP contribution in [0.2, 0.25) is 0 Å². The molecule has 4 rings (SSSR count). The number of thioether (sulfide) groups is 1. The van der Waals surface area contributed by atoms with Crippen LogP contribution in [0.4, 0.5) is 0 Å². The summed E-state index contributed by atoms with van der Waals surface area (Å²) in [6.45, 7) is 0.225. The fourth-order valence-corrected chi connectivity index (χ4v) is 4.34. The molecule has 0 bridgehead atoms. The summed E-state index contributed by atoms with van der Waals surface area (Å²) < 4.78 is 12.0. The van der Waals surface area contributed by atoms with Gasteiger partial charge in [-0.25, -0.2) is 4.79 Å². The highest BCUT2D eigenvalue weighted by atomic mass is 32.2. The molecule has 23 heavy (non-hydrogen) atoms. The van der Waals surface area contributed by atoms with E-state index in [-0.39, 0.29) is 37.0 Å². The van der Waals surface area contributed by atoms with Gasteiger partial charge in [-0.1, -0.05) is 12.1 Å². The molecule has 2 aliphatic rings. The SMILES string of the molecule is N=C1OC2CSCC2N1C(=O)CCn1c(=O)oc2ccccc21. The number of aromatic nitrogens is 1. The third kappa shape index (κ3) is 2.33. The highest BCUT2D eigenvalue weighted by Gasteiger charge is 2.45. The molecule has 0 saturated carbocycles. The fraction of sp³-hybridized carbons (Fsp3) is 0.400. The van der Waals surface area contributed by atoms with E-state index in [0.29, 0.717) is 11.1 Å². The van der Waals surface area contributed by atoms with Gasteiger partial charge in [-0.15, -0.1) is 0 Å². The number of nitrogens with one attached hydrogen (secondary N) is 1. The Bertz CT molecular complexity index is 843. The molecule has 2 fully saturated rings. The Hall–Kier alpha value is -2.22. The topological polar surface area (TPSA) is 88.5 Å². The van der Waals surface area contributed by atoms with Crippen LogP contribution in [0.5, 0.6) is 0 Å². The number of fused-ring (bicyclic) bond motifs is 2. The van der Waals surface area contributed by atoms with Gasteiger partial charge in [0.15, 0.2) is 5.58 Å². The van der Waals surface area contributed by atoms with Crippen LogP contribution in [0.15, 0.2) is 33.5 Å². The molecule has 2 aliphatic heterocycles. The van der Waals surface area contributed by atoms with E-state index >= 15 is 0 Å². The summed E-state index contributed by atoms with van der Waals surface area (Å²) in [7, 11) is 0. The van der Waals surface area contributed by atoms with E-state index in [1.165, 1.54) is 9.47 Å². The van der Waals surface area contributed by atoms with Gasteiger partial charge in [-0.2, -0.15) is 11.8 Å². The number of nitrogens with zero attached hydrogens (tertiary/aromatic N) is 2. The molecule has 1 aromatic heterocycles. The summed E-state index contributed by atoms with van der Waals surface area (Å²) in [6.07, 6.45) is 0.0530. The van der Waals surface area contributed by atoms with E-state index in [2.05, 4.69) is 0 Å². The Labute approximate surface area is 135 Å². The van der Waals surface area contributed by atoms with Gasteiger partial charge >= 0.3 is 5.76 Å². The smallest absolute Gasteiger partial charge is 0.419 e. The molecule has 2 unspecified atom stereocenters. The molecule has 8 heteroatoms. The normalized spacial score (nSPS) is 23.3. The van der Waals surface area contributed by atoms with Gasteiger partial charge in [0.05, 0.1) is 11.6 Å². The minimum absolute atomic E-state index is 0.0576. The molecule has 1 amide bonds. The van der Waals surface area contributed by atoms with Gasteiger partial charge in [0.25, 0.3) is 6.02 Å². The first-order valence-corrected chi connectivity index (χ1v) is 8.54. The fourth-order valence-electron chi connectivity index (χ4n) is 3.08. The second-order valence-corrected chi connectivity index (χ2v) is 6.64. The lowest BCUT2D eigenvalue weighted by atomic mass is 10.2. The first-order chi connectivity index (χ1) is 11.1. The molecule has 0 spiro atoms. The standard InChI is InChI=1S/C15H15N3O4S/c16-14-18(10-7-23-8-12(10)21-14)13(19)5-6-17-9-3-1-2-4-11(9)22-15(17)20/h1-4,10,12,16H,5-8H2. The maximum atomic E-state index is 12.5. The third-order valence-corrected chi connectivity index (χ3v) is 5.35. The van der Waals surface area contributed by atoms with Gasteiger partial charge in [-0.3, -0.25) is 19.7 Å². The summed E-state index contributed by atoms with van der Waals surface area (Å²) in [5, 5.41) is 7.85. The van der Waals surface area contributed by atoms with Crippen LogP contribution in [0.3, 0.4) is 0 Å². The van der Waals surface area contributed by atoms with Crippen molar-refractivity contribution < 1.29 is 13.9 Å². The Kier molecular flexibility index (Phi) is 3.41. The number of hydrogen-bond acceptors (Lipinski definition) is 6. The van der Waals surface area contributed by atoms with Crippen molar-refractivity contribution >= 4 is 34.8 Å². The maximum Gasteiger partial charge on any atom is 0.419 e. The number of benzene rings is 1. The third-order valence-electron chi connectivity index (χ3n) is 4.21. The number of para-hydroxylation sites is 2. The van der Waals surface area contributed by atoms with Crippen molar-refractivity contribution in [2.45, 2.75) is 25.1 Å². The number of carbonyl (C=O) groups is 1. The van der Waals surface area contributed by atoms with Crippen LogP contribution >= 0.6 is 11.8 Å². The van der Waals surface area contributed by atoms with E-state index in [1.54, 1.807) is 30.0 Å². The quantitative estimate of drug-likeness (QED) is 0.913. The molecule has 120 valence electrons. The van der Waals surface area contributed by atoms with Crippen molar-refractivity contribution in [1.82, 2.24) is 9.47 Å². The van der Waals surface area contributed by atoms with Crippen LogP contribution in [0, 0.1) is 5.41 Å². The predicted octanol–water partition coefficient (Wildman–Crippen LogP) is 1.26. The van der Waals surface area contributed by atoms with E-state index < -0.39 is 5.76 Å². The lowest BCUT2D eigenvalue weighted by molar-refractivity contribution is -0.128. The number of amides is 1. The molecule has 1 aromatic carbocycles.